The van der Waals surface area contributed by atoms with Crippen molar-refractivity contribution < 1.29 is 0 Å². The van der Waals surface area contributed by atoms with E-state index in [0.717, 1.165) is 37.9 Å². The van der Waals surface area contributed by atoms with Crippen molar-refractivity contribution in [3.63, 3.8) is 0 Å². The largest absolute Gasteiger partial charge is 0.355 e. The van der Waals surface area contributed by atoms with Crippen LogP contribution in [0.2, 0.25) is 0 Å². The fourth-order valence-corrected chi connectivity index (χ4v) is 2.18. The van der Waals surface area contributed by atoms with Crippen molar-refractivity contribution in [2.75, 3.05) is 19.6 Å². The van der Waals surface area contributed by atoms with E-state index in [4.69, 9.17) is 5.26 Å². The third-order valence-electron chi connectivity index (χ3n) is 2.97. The molecule has 1 heterocycles. The zero-order valence-electron chi connectivity index (χ0n) is 10.4. The number of guanidine groups is 1. The van der Waals surface area contributed by atoms with Crippen molar-refractivity contribution in [1.82, 2.24) is 10.2 Å². The standard InChI is InChI=1S/C12H22N4/c1-3-5-11-6-8-16(9-11)12(15-10-13)14-7-4-2/h11H,3-9H2,1-2H3,(H,14,15). The Labute approximate surface area is 98.3 Å². The molecule has 0 aromatic rings. The van der Waals surface area contributed by atoms with E-state index in [1.54, 1.807) is 0 Å². The Morgan fingerprint density at radius 3 is 2.94 bits per heavy atom. The highest BCUT2D eigenvalue weighted by Crippen LogP contribution is 2.20. The van der Waals surface area contributed by atoms with Gasteiger partial charge in [0.25, 0.3) is 0 Å². The first-order valence-electron chi connectivity index (χ1n) is 6.27. The molecule has 4 heteroatoms. The molecule has 1 aliphatic heterocycles. The maximum Gasteiger partial charge on any atom is 0.209 e. The monoisotopic (exact) mass is 222 g/mol. The van der Waals surface area contributed by atoms with Crippen molar-refractivity contribution in [3.05, 3.63) is 0 Å². The lowest BCUT2D eigenvalue weighted by Crippen LogP contribution is -2.40. The van der Waals surface area contributed by atoms with E-state index in [2.05, 4.69) is 29.1 Å². The second kappa shape index (κ2) is 7.10. The summed E-state index contributed by atoms with van der Waals surface area (Å²) in [6.45, 7) is 7.30. The summed E-state index contributed by atoms with van der Waals surface area (Å²) in [5.74, 6) is 1.54. The number of nitrogens with zero attached hydrogens (tertiary/aromatic N) is 3. The van der Waals surface area contributed by atoms with Crippen LogP contribution in [0.15, 0.2) is 4.99 Å². The molecule has 0 aliphatic carbocycles. The molecule has 1 aliphatic rings. The van der Waals surface area contributed by atoms with Crippen LogP contribution in [0.5, 0.6) is 0 Å². The number of aliphatic imine (C=N–C) groups is 1. The third-order valence-corrected chi connectivity index (χ3v) is 2.97. The number of hydrogen-bond acceptors (Lipinski definition) is 2. The minimum absolute atomic E-state index is 0.767. The molecule has 4 nitrogen and oxygen atoms in total. The molecule has 0 amide bonds. The first-order valence-corrected chi connectivity index (χ1v) is 6.27. The summed E-state index contributed by atoms with van der Waals surface area (Å²) in [5.41, 5.74) is 0. The average molecular weight is 222 g/mol. The zero-order valence-corrected chi connectivity index (χ0v) is 10.4. The van der Waals surface area contributed by atoms with Crippen LogP contribution in [0, 0.1) is 17.4 Å². The molecule has 0 aromatic carbocycles. The highest BCUT2D eigenvalue weighted by atomic mass is 15.3. The van der Waals surface area contributed by atoms with Gasteiger partial charge in [-0.1, -0.05) is 20.3 Å². The van der Waals surface area contributed by atoms with E-state index in [1.165, 1.54) is 19.3 Å². The quantitative estimate of drug-likeness (QED) is 0.449. The Balaban J connectivity index is 2.48. The fraction of sp³-hybridized carbons (Fsp3) is 0.833. The Morgan fingerprint density at radius 1 is 1.50 bits per heavy atom. The van der Waals surface area contributed by atoms with E-state index in [-0.39, 0.29) is 0 Å². The second-order valence-corrected chi connectivity index (χ2v) is 4.35. The third kappa shape index (κ3) is 3.73. The summed E-state index contributed by atoms with van der Waals surface area (Å²) in [7, 11) is 0. The van der Waals surface area contributed by atoms with Gasteiger partial charge in [-0.15, -0.1) is 4.99 Å². The van der Waals surface area contributed by atoms with Gasteiger partial charge in [0.1, 0.15) is 0 Å². The van der Waals surface area contributed by atoms with E-state index in [1.807, 2.05) is 6.19 Å². The van der Waals surface area contributed by atoms with Crippen molar-refractivity contribution in [2.24, 2.45) is 10.9 Å². The van der Waals surface area contributed by atoms with E-state index in [0.29, 0.717) is 0 Å². The van der Waals surface area contributed by atoms with Crippen LogP contribution >= 0.6 is 0 Å². The van der Waals surface area contributed by atoms with Gasteiger partial charge in [0.2, 0.25) is 12.2 Å². The molecule has 90 valence electrons. The Kier molecular flexibility index (Phi) is 5.69. The van der Waals surface area contributed by atoms with Crippen LogP contribution in [-0.2, 0) is 0 Å². The summed E-state index contributed by atoms with van der Waals surface area (Å²) in [4.78, 5) is 6.08. The molecule has 1 saturated heterocycles. The van der Waals surface area contributed by atoms with Gasteiger partial charge in [-0.25, -0.2) is 0 Å². The lowest BCUT2D eigenvalue weighted by atomic mass is 10.0. The Hall–Kier alpha value is -1.24. The highest BCUT2D eigenvalue weighted by Gasteiger charge is 2.24. The molecule has 1 N–H and O–H groups in total. The molecule has 0 saturated carbocycles. The SMILES string of the molecule is CCCN/C(=N\C#N)N1CCC(CCC)C1. The number of nitriles is 1. The molecule has 1 unspecified atom stereocenters. The number of hydrogen-bond donors (Lipinski definition) is 1. The second-order valence-electron chi connectivity index (χ2n) is 4.35. The maximum absolute atomic E-state index is 8.66. The highest BCUT2D eigenvalue weighted by molar-refractivity contribution is 5.81. The summed E-state index contributed by atoms with van der Waals surface area (Å²) >= 11 is 0. The molecular formula is C12H22N4. The molecule has 0 spiro atoms. The van der Waals surface area contributed by atoms with E-state index >= 15 is 0 Å². The van der Waals surface area contributed by atoms with Gasteiger partial charge in [0.05, 0.1) is 0 Å². The van der Waals surface area contributed by atoms with Crippen molar-refractivity contribution in [3.8, 4) is 6.19 Å². The van der Waals surface area contributed by atoms with Gasteiger partial charge < -0.3 is 10.2 Å². The Bertz CT molecular complexity index is 267. The van der Waals surface area contributed by atoms with Crippen LogP contribution < -0.4 is 5.32 Å². The molecule has 0 bridgehead atoms. The molecule has 16 heavy (non-hydrogen) atoms. The molecular weight excluding hydrogens is 200 g/mol. The lowest BCUT2D eigenvalue weighted by Gasteiger charge is -2.20. The van der Waals surface area contributed by atoms with Crippen molar-refractivity contribution in [1.29, 1.82) is 5.26 Å². The minimum Gasteiger partial charge on any atom is -0.355 e. The summed E-state index contributed by atoms with van der Waals surface area (Å²) < 4.78 is 0. The molecule has 0 aromatic heterocycles. The van der Waals surface area contributed by atoms with Gasteiger partial charge in [-0.2, -0.15) is 5.26 Å². The number of rotatable bonds is 4. The van der Waals surface area contributed by atoms with Crippen LogP contribution in [0.25, 0.3) is 0 Å². The number of likely N-dealkylation sites (tertiary alicyclic amines) is 1. The van der Waals surface area contributed by atoms with Gasteiger partial charge in [0.15, 0.2) is 0 Å². The van der Waals surface area contributed by atoms with E-state index < -0.39 is 0 Å². The smallest absolute Gasteiger partial charge is 0.209 e. The van der Waals surface area contributed by atoms with Crippen molar-refractivity contribution >= 4 is 5.96 Å². The maximum atomic E-state index is 8.66. The van der Waals surface area contributed by atoms with Crippen LogP contribution in [0.4, 0.5) is 0 Å². The van der Waals surface area contributed by atoms with Crippen LogP contribution in [0.3, 0.4) is 0 Å². The minimum atomic E-state index is 0.767. The molecule has 0 radical (unpaired) electrons. The van der Waals surface area contributed by atoms with Gasteiger partial charge in [-0.3, -0.25) is 0 Å². The topological polar surface area (TPSA) is 51.4 Å². The number of nitrogens with one attached hydrogen (secondary N) is 1. The molecule has 1 rings (SSSR count). The first kappa shape index (κ1) is 12.8. The normalized spacial score (nSPS) is 20.9. The lowest BCUT2D eigenvalue weighted by molar-refractivity contribution is 0.445. The van der Waals surface area contributed by atoms with Gasteiger partial charge >= 0.3 is 0 Å². The van der Waals surface area contributed by atoms with Gasteiger partial charge in [0, 0.05) is 19.6 Å². The van der Waals surface area contributed by atoms with Crippen LogP contribution in [0.1, 0.15) is 39.5 Å². The van der Waals surface area contributed by atoms with Gasteiger partial charge in [-0.05, 0) is 25.2 Å². The van der Waals surface area contributed by atoms with Crippen molar-refractivity contribution in [2.45, 2.75) is 39.5 Å². The Morgan fingerprint density at radius 2 is 2.31 bits per heavy atom. The predicted octanol–water partition coefficient (Wildman–Crippen LogP) is 1.95. The predicted molar refractivity (Wildman–Crippen MR) is 65.9 cm³/mol. The summed E-state index contributed by atoms with van der Waals surface area (Å²) in [5, 5.41) is 11.9. The van der Waals surface area contributed by atoms with Crippen LogP contribution in [-0.4, -0.2) is 30.5 Å². The summed E-state index contributed by atoms with van der Waals surface area (Å²) in [6.07, 6.45) is 6.69. The average Bonchev–Trinajstić information content (AvgIpc) is 2.73. The fourth-order valence-electron chi connectivity index (χ4n) is 2.18. The summed E-state index contributed by atoms with van der Waals surface area (Å²) in [6, 6.07) is 0. The van der Waals surface area contributed by atoms with E-state index in [9.17, 15) is 0 Å². The molecule has 1 atom stereocenters. The zero-order chi connectivity index (χ0) is 11.8. The molecule has 1 fully saturated rings. The first-order chi connectivity index (χ1) is 7.81.